The number of rotatable bonds is 5. The van der Waals surface area contributed by atoms with Gasteiger partial charge in [-0.05, 0) is 40.4 Å². The van der Waals surface area contributed by atoms with E-state index in [-0.39, 0.29) is 6.54 Å². The molecule has 1 aliphatic carbocycles. The highest BCUT2D eigenvalue weighted by Gasteiger charge is 2.30. The van der Waals surface area contributed by atoms with Crippen LogP contribution in [0, 0.1) is 0 Å². The van der Waals surface area contributed by atoms with Crippen molar-refractivity contribution >= 4 is 21.9 Å². The summed E-state index contributed by atoms with van der Waals surface area (Å²) in [5, 5.41) is 8.83. The zero-order valence-corrected chi connectivity index (χ0v) is 10.4. The summed E-state index contributed by atoms with van der Waals surface area (Å²) in [6.45, 7) is 0.764. The predicted molar refractivity (Wildman–Crippen MR) is 63.0 cm³/mol. The number of carboxylic acid groups (broad SMARTS) is 1. The van der Waals surface area contributed by atoms with E-state index >= 15 is 0 Å². The molecule has 1 N–H and O–H groups in total. The van der Waals surface area contributed by atoms with E-state index in [1.165, 1.54) is 0 Å². The monoisotopic (exact) mass is 284 g/mol. The fourth-order valence-electron chi connectivity index (χ4n) is 1.70. The molecular weight excluding hydrogens is 272 g/mol. The van der Waals surface area contributed by atoms with Gasteiger partial charge in [-0.25, -0.2) is 0 Å². The van der Waals surface area contributed by atoms with Gasteiger partial charge in [0.1, 0.15) is 0 Å². The predicted octanol–water partition coefficient (Wildman–Crippen LogP) is 1.89. The van der Waals surface area contributed by atoms with Crippen molar-refractivity contribution in [2.24, 2.45) is 0 Å². The highest BCUT2D eigenvalue weighted by Crippen LogP contribution is 2.28. The molecule has 0 unspecified atom stereocenters. The molecule has 0 aromatic carbocycles. The second-order valence-corrected chi connectivity index (χ2v) is 4.96. The van der Waals surface area contributed by atoms with Gasteiger partial charge in [0.2, 0.25) is 0 Å². The van der Waals surface area contributed by atoms with Gasteiger partial charge in [0.15, 0.2) is 0 Å². The second kappa shape index (κ2) is 4.93. The Bertz CT molecular complexity index is 393. The number of hydrogen-bond acceptors (Lipinski definition) is 3. The first-order valence-electron chi connectivity index (χ1n) is 5.20. The van der Waals surface area contributed by atoms with E-state index in [1.54, 1.807) is 12.4 Å². The van der Waals surface area contributed by atoms with E-state index < -0.39 is 5.97 Å². The number of aromatic nitrogens is 1. The summed E-state index contributed by atoms with van der Waals surface area (Å²) in [4.78, 5) is 16.8. The van der Waals surface area contributed by atoms with Crippen LogP contribution in [0.1, 0.15) is 18.4 Å². The fraction of sp³-hybridized carbons (Fsp3) is 0.455. The molecule has 1 aromatic rings. The fourth-order valence-corrected chi connectivity index (χ4v) is 2.12. The number of halogens is 1. The first-order chi connectivity index (χ1) is 7.65. The van der Waals surface area contributed by atoms with Gasteiger partial charge in [-0.15, -0.1) is 0 Å². The second-order valence-electron chi connectivity index (χ2n) is 4.04. The van der Waals surface area contributed by atoms with Crippen LogP contribution in [0.25, 0.3) is 0 Å². The lowest BCUT2D eigenvalue weighted by atomic mass is 10.2. The van der Waals surface area contributed by atoms with E-state index in [0.29, 0.717) is 12.6 Å². The summed E-state index contributed by atoms with van der Waals surface area (Å²) in [5.74, 6) is -0.769. The van der Waals surface area contributed by atoms with Gasteiger partial charge in [0.25, 0.3) is 0 Å². The lowest BCUT2D eigenvalue weighted by Gasteiger charge is -2.19. The third-order valence-electron chi connectivity index (χ3n) is 2.55. The minimum Gasteiger partial charge on any atom is -0.480 e. The van der Waals surface area contributed by atoms with Gasteiger partial charge in [-0.2, -0.15) is 0 Å². The minimum absolute atomic E-state index is 0.108. The Hall–Kier alpha value is -0.940. The molecule has 86 valence electrons. The molecule has 1 aromatic heterocycles. The average molecular weight is 285 g/mol. The van der Waals surface area contributed by atoms with Gasteiger partial charge in [0.05, 0.1) is 6.54 Å². The van der Waals surface area contributed by atoms with Crippen LogP contribution >= 0.6 is 15.9 Å². The molecule has 0 bridgehead atoms. The molecule has 0 radical (unpaired) electrons. The van der Waals surface area contributed by atoms with Crippen LogP contribution in [0.15, 0.2) is 22.9 Å². The molecule has 0 saturated heterocycles. The molecule has 5 heteroatoms. The molecule has 0 aliphatic heterocycles. The van der Waals surface area contributed by atoms with Gasteiger partial charge < -0.3 is 5.11 Å². The normalized spacial score (nSPS) is 15.4. The third kappa shape index (κ3) is 3.28. The van der Waals surface area contributed by atoms with Gasteiger partial charge >= 0.3 is 5.97 Å². The Morgan fingerprint density at radius 1 is 1.56 bits per heavy atom. The standard InChI is InChI=1S/C11H13BrN2O2/c12-9-3-8(4-13-5-9)6-14(7-11(15)16)10-1-2-10/h3-5,10H,1-2,6-7H2,(H,15,16). The lowest BCUT2D eigenvalue weighted by Crippen LogP contribution is -2.31. The van der Waals surface area contributed by atoms with Crippen LogP contribution in [0.5, 0.6) is 0 Å². The van der Waals surface area contributed by atoms with Crippen molar-refractivity contribution in [3.63, 3.8) is 0 Å². The summed E-state index contributed by atoms with van der Waals surface area (Å²) in [7, 11) is 0. The Kier molecular flexibility index (Phi) is 3.56. The highest BCUT2D eigenvalue weighted by atomic mass is 79.9. The van der Waals surface area contributed by atoms with Gasteiger partial charge in [-0.1, -0.05) is 0 Å². The first-order valence-corrected chi connectivity index (χ1v) is 6.00. The maximum absolute atomic E-state index is 10.7. The van der Waals surface area contributed by atoms with Crippen molar-refractivity contribution in [1.82, 2.24) is 9.88 Å². The molecule has 16 heavy (non-hydrogen) atoms. The van der Waals surface area contributed by atoms with Crippen molar-refractivity contribution in [2.45, 2.75) is 25.4 Å². The summed E-state index contributed by atoms with van der Waals surface area (Å²) in [5.41, 5.74) is 1.04. The maximum atomic E-state index is 10.7. The van der Waals surface area contributed by atoms with Crippen molar-refractivity contribution < 1.29 is 9.90 Å². The van der Waals surface area contributed by atoms with Crippen LogP contribution < -0.4 is 0 Å². The Morgan fingerprint density at radius 3 is 2.88 bits per heavy atom. The third-order valence-corrected chi connectivity index (χ3v) is 2.98. The van der Waals surface area contributed by atoms with E-state index in [2.05, 4.69) is 20.9 Å². The van der Waals surface area contributed by atoms with Gasteiger partial charge in [0, 0.05) is 29.5 Å². The molecule has 1 aliphatic rings. The Morgan fingerprint density at radius 2 is 2.31 bits per heavy atom. The number of pyridine rings is 1. The van der Waals surface area contributed by atoms with E-state index in [4.69, 9.17) is 5.11 Å². The molecule has 1 heterocycles. The summed E-state index contributed by atoms with van der Waals surface area (Å²) in [6, 6.07) is 2.42. The van der Waals surface area contributed by atoms with E-state index in [1.807, 2.05) is 11.0 Å². The van der Waals surface area contributed by atoms with E-state index in [9.17, 15) is 4.79 Å². The zero-order chi connectivity index (χ0) is 11.5. The number of aliphatic carboxylic acids is 1. The largest absolute Gasteiger partial charge is 0.480 e. The molecule has 0 amide bonds. The summed E-state index contributed by atoms with van der Waals surface area (Å²) in [6.07, 6.45) is 5.72. The van der Waals surface area contributed by atoms with E-state index in [0.717, 1.165) is 22.9 Å². The van der Waals surface area contributed by atoms with Crippen molar-refractivity contribution in [3.8, 4) is 0 Å². The number of nitrogens with zero attached hydrogens (tertiary/aromatic N) is 2. The number of carboxylic acids is 1. The number of carbonyl (C=O) groups is 1. The maximum Gasteiger partial charge on any atom is 0.317 e. The molecule has 2 rings (SSSR count). The topological polar surface area (TPSA) is 53.4 Å². The van der Waals surface area contributed by atoms with Crippen molar-refractivity contribution in [2.75, 3.05) is 6.54 Å². The lowest BCUT2D eigenvalue weighted by molar-refractivity contribution is -0.138. The summed E-state index contributed by atoms with van der Waals surface area (Å²) >= 11 is 3.36. The minimum atomic E-state index is -0.769. The summed E-state index contributed by atoms with van der Waals surface area (Å²) < 4.78 is 0.927. The van der Waals surface area contributed by atoms with Crippen molar-refractivity contribution in [3.05, 3.63) is 28.5 Å². The Labute approximate surface area is 102 Å². The molecule has 1 fully saturated rings. The number of hydrogen-bond donors (Lipinski definition) is 1. The van der Waals surface area contributed by atoms with Crippen LogP contribution in [-0.2, 0) is 11.3 Å². The average Bonchev–Trinajstić information content (AvgIpc) is 2.99. The van der Waals surface area contributed by atoms with Gasteiger partial charge in [-0.3, -0.25) is 14.7 Å². The molecule has 0 atom stereocenters. The van der Waals surface area contributed by atoms with Crippen LogP contribution in [-0.4, -0.2) is 33.5 Å². The van der Waals surface area contributed by atoms with Crippen LogP contribution in [0.3, 0.4) is 0 Å². The van der Waals surface area contributed by atoms with Crippen molar-refractivity contribution in [1.29, 1.82) is 0 Å². The molecule has 1 saturated carbocycles. The zero-order valence-electron chi connectivity index (χ0n) is 8.77. The first kappa shape index (κ1) is 11.5. The SMILES string of the molecule is O=C(O)CN(Cc1cncc(Br)c1)C1CC1. The highest BCUT2D eigenvalue weighted by molar-refractivity contribution is 9.10. The molecular formula is C11H13BrN2O2. The smallest absolute Gasteiger partial charge is 0.317 e. The van der Waals surface area contributed by atoms with Crippen LogP contribution in [0.2, 0.25) is 0 Å². The molecule has 4 nitrogen and oxygen atoms in total. The molecule has 0 spiro atoms. The Balaban J connectivity index is 2.02. The quantitative estimate of drug-likeness (QED) is 0.897. The van der Waals surface area contributed by atoms with Crippen LogP contribution in [0.4, 0.5) is 0 Å².